The van der Waals surface area contributed by atoms with Gasteiger partial charge in [-0.25, -0.2) is 0 Å². The molecule has 0 spiro atoms. The number of hydrogen-bond donors (Lipinski definition) is 1. The van der Waals surface area contributed by atoms with E-state index in [0.29, 0.717) is 11.6 Å². The molecule has 0 aliphatic rings. The zero-order chi connectivity index (χ0) is 13.3. The average molecular weight is 265 g/mol. The second-order valence-electron chi connectivity index (χ2n) is 4.12. The lowest BCUT2D eigenvalue weighted by atomic mass is 10.1. The fourth-order valence-corrected chi connectivity index (χ4v) is 2.35. The van der Waals surface area contributed by atoms with E-state index < -0.39 is 0 Å². The Hall–Kier alpha value is -1.76. The molecule has 0 saturated carbocycles. The number of rotatable bonds is 3. The molecule has 1 N–H and O–H groups in total. The molecule has 2 aromatic rings. The number of amides is 1. The largest absolute Gasteiger partial charge is 0.300 e. The molecule has 96 valence electrons. The van der Waals surface area contributed by atoms with Gasteiger partial charge in [-0.1, -0.05) is 11.3 Å². The molecule has 0 fully saturated rings. The lowest BCUT2D eigenvalue weighted by molar-refractivity contribution is -0.115. The molecule has 18 heavy (non-hydrogen) atoms. The highest BCUT2D eigenvalue weighted by Crippen LogP contribution is 2.16. The lowest BCUT2D eigenvalue weighted by Gasteiger charge is -2.02. The van der Waals surface area contributed by atoms with Gasteiger partial charge < -0.3 is 5.32 Å². The number of nitrogens with zero attached hydrogens (tertiary/aromatic N) is 4. The minimum atomic E-state index is -0.0923. The zero-order valence-corrected chi connectivity index (χ0v) is 11.6. The molecular weight excluding hydrogens is 250 g/mol. The third-order valence-electron chi connectivity index (χ3n) is 2.77. The molecule has 2 aromatic heterocycles. The summed E-state index contributed by atoms with van der Waals surface area (Å²) in [4.78, 5) is 11.9. The highest BCUT2D eigenvalue weighted by atomic mass is 32.1. The summed E-state index contributed by atoms with van der Waals surface area (Å²) in [5.74, 6) is -0.0923. The maximum absolute atomic E-state index is 11.9. The molecule has 0 unspecified atom stereocenters. The molecule has 2 heterocycles. The van der Waals surface area contributed by atoms with Crippen LogP contribution in [0.3, 0.4) is 0 Å². The summed E-state index contributed by atoms with van der Waals surface area (Å²) >= 11 is 1.37. The third kappa shape index (κ3) is 2.56. The fraction of sp³-hybridized carbons (Fsp3) is 0.455. The second-order valence-corrected chi connectivity index (χ2v) is 5.31. The third-order valence-corrected chi connectivity index (χ3v) is 3.52. The van der Waals surface area contributed by atoms with E-state index >= 15 is 0 Å². The van der Waals surface area contributed by atoms with Crippen molar-refractivity contribution in [2.45, 2.75) is 27.2 Å². The first-order chi connectivity index (χ1) is 8.47. The van der Waals surface area contributed by atoms with Crippen LogP contribution in [0.2, 0.25) is 0 Å². The fourth-order valence-electron chi connectivity index (χ4n) is 1.74. The Morgan fingerprint density at radius 1 is 1.33 bits per heavy atom. The maximum atomic E-state index is 11.9. The van der Waals surface area contributed by atoms with Crippen LogP contribution in [0.4, 0.5) is 5.13 Å². The van der Waals surface area contributed by atoms with Crippen LogP contribution in [-0.2, 0) is 18.3 Å². The Bertz CT molecular complexity index is 586. The molecule has 7 heteroatoms. The van der Waals surface area contributed by atoms with Crippen LogP contribution in [0, 0.1) is 20.8 Å². The van der Waals surface area contributed by atoms with Crippen molar-refractivity contribution in [1.82, 2.24) is 20.0 Å². The van der Waals surface area contributed by atoms with Crippen LogP contribution in [0.15, 0.2) is 0 Å². The number of aromatic nitrogens is 4. The van der Waals surface area contributed by atoms with Gasteiger partial charge in [0.25, 0.3) is 0 Å². The number of carbonyl (C=O) groups excluding carboxylic acids is 1. The molecule has 0 aromatic carbocycles. The van der Waals surface area contributed by atoms with Gasteiger partial charge in [0.2, 0.25) is 11.0 Å². The summed E-state index contributed by atoms with van der Waals surface area (Å²) in [5.41, 5.74) is 2.87. The molecule has 0 radical (unpaired) electrons. The van der Waals surface area contributed by atoms with E-state index in [4.69, 9.17) is 0 Å². The van der Waals surface area contributed by atoms with Gasteiger partial charge in [-0.2, -0.15) is 5.10 Å². The Morgan fingerprint density at radius 3 is 2.56 bits per heavy atom. The lowest BCUT2D eigenvalue weighted by Crippen LogP contribution is -2.15. The van der Waals surface area contributed by atoms with Gasteiger partial charge in [-0.05, 0) is 20.8 Å². The van der Waals surface area contributed by atoms with E-state index in [1.54, 1.807) is 4.68 Å². The van der Waals surface area contributed by atoms with Crippen LogP contribution >= 0.6 is 11.3 Å². The standard InChI is InChI=1S/C11H15N5OS/c1-6-9(7(2)16(4)15-6)5-10(17)12-11-14-13-8(3)18-11/h5H2,1-4H3,(H,12,14,17). The number of carbonyl (C=O) groups is 1. The highest BCUT2D eigenvalue weighted by molar-refractivity contribution is 7.15. The quantitative estimate of drug-likeness (QED) is 0.910. The smallest absolute Gasteiger partial charge is 0.230 e. The van der Waals surface area contributed by atoms with Crippen molar-refractivity contribution in [3.8, 4) is 0 Å². The van der Waals surface area contributed by atoms with Crippen LogP contribution in [0.25, 0.3) is 0 Å². The van der Waals surface area contributed by atoms with E-state index in [9.17, 15) is 4.79 Å². The molecule has 0 aliphatic heterocycles. The maximum Gasteiger partial charge on any atom is 0.230 e. The highest BCUT2D eigenvalue weighted by Gasteiger charge is 2.14. The van der Waals surface area contributed by atoms with Gasteiger partial charge in [0.05, 0.1) is 12.1 Å². The normalized spacial score (nSPS) is 10.7. The van der Waals surface area contributed by atoms with Gasteiger partial charge in [0.1, 0.15) is 5.01 Å². The molecule has 0 atom stereocenters. The van der Waals surface area contributed by atoms with Crippen LogP contribution < -0.4 is 5.32 Å². The summed E-state index contributed by atoms with van der Waals surface area (Å²) in [6.45, 7) is 5.71. The molecule has 0 bridgehead atoms. The Morgan fingerprint density at radius 2 is 2.06 bits per heavy atom. The molecule has 1 amide bonds. The summed E-state index contributed by atoms with van der Waals surface area (Å²) in [6.07, 6.45) is 0.310. The SMILES string of the molecule is Cc1nnc(NC(=O)Cc2c(C)nn(C)c2C)s1. The number of nitrogens with one attached hydrogen (secondary N) is 1. The average Bonchev–Trinajstić information content (AvgIpc) is 2.78. The van der Waals surface area contributed by atoms with Gasteiger partial charge in [-0.3, -0.25) is 9.48 Å². The number of aryl methyl sites for hydroxylation is 3. The molecular formula is C11H15N5OS. The van der Waals surface area contributed by atoms with E-state index in [-0.39, 0.29) is 5.91 Å². The predicted octanol–water partition coefficient (Wildman–Crippen LogP) is 1.38. The number of anilines is 1. The van der Waals surface area contributed by atoms with Crippen LogP contribution in [0.5, 0.6) is 0 Å². The van der Waals surface area contributed by atoms with Gasteiger partial charge in [-0.15, -0.1) is 10.2 Å². The second kappa shape index (κ2) is 4.85. The summed E-state index contributed by atoms with van der Waals surface area (Å²) in [7, 11) is 1.87. The van der Waals surface area contributed by atoms with Crippen molar-refractivity contribution in [2.75, 3.05) is 5.32 Å². The Balaban J connectivity index is 2.07. The molecule has 2 rings (SSSR count). The Labute approximate surface area is 109 Å². The van der Waals surface area contributed by atoms with E-state index in [1.807, 2.05) is 27.8 Å². The first-order valence-electron chi connectivity index (χ1n) is 5.56. The topological polar surface area (TPSA) is 72.7 Å². The summed E-state index contributed by atoms with van der Waals surface area (Å²) < 4.78 is 1.78. The first kappa shape index (κ1) is 12.7. The van der Waals surface area contributed by atoms with Gasteiger partial charge >= 0.3 is 0 Å². The summed E-state index contributed by atoms with van der Waals surface area (Å²) in [6, 6.07) is 0. The number of hydrogen-bond acceptors (Lipinski definition) is 5. The van der Waals surface area contributed by atoms with E-state index in [1.165, 1.54) is 11.3 Å². The van der Waals surface area contributed by atoms with Crippen molar-refractivity contribution in [2.24, 2.45) is 7.05 Å². The van der Waals surface area contributed by atoms with Crippen molar-refractivity contribution in [1.29, 1.82) is 0 Å². The summed E-state index contributed by atoms with van der Waals surface area (Å²) in [5, 5.41) is 16.1. The van der Waals surface area contributed by atoms with Crippen molar-refractivity contribution >= 4 is 22.4 Å². The molecule has 0 saturated heterocycles. The Kier molecular flexibility index (Phi) is 3.42. The van der Waals surface area contributed by atoms with Gasteiger partial charge in [0.15, 0.2) is 0 Å². The van der Waals surface area contributed by atoms with Crippen molar-refractivity contribution in [3.63, 3.8) is 0 Å². The first-order valence-corrected chi connectivity index (χ1v) is 6.38. The van der Waals surface area contributed by atoms with Crippen LogP contribution in [-0.4, -0.2) is 25.9 Å². The van der Waals surface area contributed by atoms with Crippen molar-refractivity contribution < 1.29 is 4.79 Å². The van der Waals surface area contributed by atoms with Gasteiger partial charge in [0, 0.05) is 18.3 Å². The minimum absolute atomic E-state index is 0.0923. The van der Waals surface area contributed by atoms with E-state index in [0.717, 1.165) is 22.0 Å². The predicted molar refractivity (Wildman–Crippen MR) is 69.7 cm³/mol. The van der Waals surface area contributed by atoms with Crippen molar-refractivity contribution in [3.05, 3.63) is 22.0 Å². The minimum Gasteiger partial charge on any atom is -0.300 e. The molecule has 6 nitrogen and oxygen atoms in total. The van der Waals surface area contributed by atoms with E-state index in [2.05, 4.69) is 20.6 Å². The monoisotopic (exact) mass is 265 g/mol. The van der Waals surface area contributed by atoms with Crippen LogP contribution in [0.1, 0.15) is 22.0 Å². The zero-order valence-electron chi connectivity index (χ0n) is 10.8. The molecule has 0 aliphatic carbocycles.